The van der Waals surface area contributed by atoms with Crippen LogP contribution in [0.2, 0.25) is 0 Å². The molecule has 1 nitrogen and oxygen atoms in total. The molecule has 0 aliphatic heterocycles. The number of halogens is 1. The number of carbonyl (C=O) groups is 1. The summed E-state index contributed by atoms with van der Waals surface area (Å²) in [6.45, 7) is 0. The number of hydrogen-bond acceptors (Lipinski definition) is 1. The first-order valence-electron chi connectivity index (χ1n) is 3.67. The maximum absolute atomic E-state index is 10.2. The molecule has 0 radical (unpaired) electrons. The molecule has 0 saturated carbocycles. The van der Waals surface area contributed by atoms with Crippen molar-refractivity contribution in [1.82, 2.24) is 0 Å². The van der Waals surface area contributed by atoms with Crippen LogP contribution in [0.1, 0.15) is 12.0 Å². The first-order chi connectivity index (χ1) is 5.88. The predicted molar refractivity (Wildman–Crippen MR) is 51.0 cm³/mol. The van der Waals surface area contributed by atoms with Crippen LogP contribution in [-0.2, 0) is 4.79 Å². The van der Waals surface area contributed by atoms with Crippen LogP contribution in [0.4, 0.5) is 0 Å². The molecular weight excluding hydrogens is 172 g/mol. The van der Waals surface area contributed by atoms with Crippen molar-refractivity contribution >= 4 is 23.5 Å². The number of hydrogen-bond donors (Lipinski definition) is 0. The molecular formula is C10H9ClO. The molecule has 62 valence electrons. The van der Waals surface area contributed by atoms with Crippen LogP contribution in [0.25, 0.3) is 5.57 Å². The summed E-state index contributed by atoms with van der Waals surface area (Å²) in [6.07, 6.45) is 1.22. The lowest BCUT2D eigenvalue weighted by molar-refractivity contribution is -0.107. The summed E-state index contributed by atoms with van der Waals surface area (Å²) in [7, 11) is 0. The normalized spacial score (nSPS) is 11.2. The Balaban J connectivity index is 2.88. The van der Waals surface area contributed by atoms with Crippen molar-refractivity contribution in [3.05, 3.63) is 41.4 Å². The third-order valence-electron chi connectivity index (χ3n) is 1.58. The Hall–Kier alpha value is -1.08. The van der Waals surface area contributed by atoms with E-state index in [1.54, 1.807) is 0 Å². The lowest BCUT2D eigenvalue weighted by Crippen LogP contribution is -1.83. The second-order valence-electron chi connectivity index (χ2n) is 2.37. The minimum absolute atomic E-state index is 0.369. The van der Waals surface area contributed by atoms with E-state index in [4.69, 9.17) is 11.6 Å². The zero-order chi connectivity index (χ0) is 8.81. The third-order valence-corrected chi connectivity index (χ3v) is 1.84. The van der Waals surface area contributed by atoms with Crippen molar-refractivity contribution in [2.24, 2.45) is 0 Å². The number of aldehydes is 1. The van der Waals surface area contributed by atoms with E-state index in [1.807, 2.05) is 30.3 Å². The number of carbonyl (C=O) groups excluding carboxylic acids is 1. The maximum Gasteiger partial charge on any atom is 0.124 e. The first-order valence-corrected chi connectivity index (χ1v) is 4.10. The highest BCUT2D eigenvalue weighted by atomic mass is 35.5. The van der Waals surface area contributed by atoms with E-state index in [-0.39, 0.29) is 0 Å². The number of benzene rings is 1. The van der Waals surface area contributed by atoms with Gasteiger partial charge in [0.25, 0.3) is 0 Å². The molecule has 1 rings (SSSR count). The minimum atomic E-state index is 0.369. The van der Waals surface area contributed by atoms with Crippen molar-refractivity contribution in [3.8, 4) is 0 Å². The van der Waals surface area contributed by atoms with E-state index in [9.17, 15) is 4.79 Å². The van der Waals surface area contributed by atoms with Gasteiger partial charge in [-0.2, -0.15) is 0 Å². The molecule has 0 spiro atoms. The Kier molecular flexibility index (Phi) is 3.55. The third kappa shape index (κ3) is 2.21. The van der Waals surface area contributed by atoms with Gasteiger partial charge >= 0.3 is 0 Å². The molecule has 12 heavy (non-hydrogen) atoms. The fraction of sp³-hybridized carbons (Fsp3) is 0.100. The van der Waals surface area contributed by atoms with E-state index in [0.717, 1.165) is 17.4 Å². The lowest BCUT2D eigenvalue weighted by atomic mass is 10.1. The average molecular weight is 181 g/mol. The van der Waals surface area contributed by atoms with Gasteiger partial charge in [-0.3, -0.25) is 0 Å². The van der Waals surface area contributed by atoms with Gasteiger partial charge in [0.15, 0.2) is 0 Å². The summed E-state index contributed by atoms with van der Waals surface area (Å²) < 4.78 is 0. The lowest BCUT2D eigenvalue weighted by Gasteiger charge is -2.00. The smallest absolute Gasteiger partial charge is 0.124 e. The Bertz CT molecular complexity index is 277. The van der Waals surface area contributed by atoms with Crippen LogP contribution < -0.4 is 0 Å². The van der Waals surface area contributed by atoms with Gasteiger partial charge in [0.1, 0.15) is 6.29 Å². The van der Waals surface area contributed by atoms with Crippen LogP contribution >= 0.6 is 11.6 Å². The highest BCUT2D eigenvalue weighted by Gasteiger charge is 1.97. The molecule has 0 N–H and O–H groups in total. The monoisotopic (exact) mass is 180 g/mol. The Morgan fingerprint density at radius 1 is 1.33 bits per heavy atom. The summed E-state index contributed by atoms with van der Waals surface area (Å²) in [5, 5.41) is 0. The first kappa shape index (κ1) is 9.01. The molecule has 0 amide bonds. The van der Waals surface area contributed by atoms with Gasteiger partial charge in [-0.1, -0.05) is 41.9 Å². The quantitative estimate of drug-likeness (QED) is 0.654. The highest BCUT2D eigenvalue weighted by Crippen LogP contribution is 2.17. The SMILES string of the molecule is O=CCC(=CCl)c1ccccc1. The molecule has 0 aromatic heterocycles. The second-order valence-corrected chi connectivity index (χ2v) is 2.59. The molecule has 0 aliphatic carbocycles. The second kappa shape index (κ2) is 4.73. The van der Waals surface area contributed by atoms with Crippen LogP contribution in [0.15, 0.2) is 35.9 Å². The number of rotatable bonds is 3. The summed E-state index contributed by atoms with van der Waals surface area (Å²) in [4.78, 5) is 10.2. The van der Waals surface area contributed by atoms with Crippen molar-refractivity contribution in [3.63, 3.8) is 0 Å². The van der Waals surface area contributed by atoms with Gasteiger partial charge in [0, 0.05) is 12.0 Å². The summed E-state index contributed by atoms with van der Waals surface area (Å²) in [5.74, 6) is 0. The molecule has 0 heterocycles. The van der Waals surface area contributed by atoms with E-state index < -0.39 is 0 Å². The van der Waals surface area contributed by atoms with Crippen molar-refractivity contribution < 1.29 is 4.79 Å². The van der Waals surface area contributed by atoms with E-state index in [0.29, 0.717) is 6.42 Å². The van der Waals surface area contributed by atoms with Crippen molar-refractivity contribution in [2.45, 2.75) is 6.42 Å². The fourth-order valence-corrected chi connectivity index (χ4v) is 1.18. The van der Waals surface area contributed by atoms with E-state index >= 15 is 0 Å². The highest BCUT2D eigenvalue weighted by molar-refractivity contribution is 6.28. The largest absolute Gasteiger partial charge is 0.303 e. The van der Waals surface area contributed by atoms with Crippen molar-refractivity contribution in [1.29, 1.82) is 0 Å². The van der Waals surface area contributed by atoms with E-state index in [2.05, 4.69) is 0 Å². The molecule has 1 aromatic rings. The predicted octanol–water partition coefficient (Wildman–Crippen LogP) is 2.86. The summed E-state index contributed by atoms with van der Waals surface area (Å²) in [5.41, 5.74) is 3.30. The molecule has 0 bridgehead atoms. The molecule has 2 heteroatoms. The summed E-state index contributed by atoms with van der Waals surface area (Å²) in [6, 6.07) is 9.62. The van der Waals surface area contributed by atoms with Crippen molar-refractivity contribution in [2.75, 3.05) is 0 Å². The van der Waals surface area contributed by atoms with Gasteiger partial charge < -0.3 is 4.79 Å². The molecule has 0 saturated heterocycles. The fourth-order valence-electron chi connectivity index (χ4n) is 0.967. The standard InChI is InChI=1S/C10H9ClO/c11-8-10(6-7-12)9-4-2-1-3-5-9/h1-5,7-8H,6H2. The Labute approximate surface area is 76.7 Å². The maximum atomic E-state index is 10.2. The minimum Gasteiger partial charge on any atom is -0.303 e. The molecule has 1 aromatic carbocycles. The van der Waals surface area contributed by atoms with Gasteiger partial charge in [0.05, 0.1) is 0 Å². The van der Waals surface area contributed by atoms with Crippen LogP contribution in [-0.4, -0.2) is 6.29 Å². The van der Waals surface area contributed by atoms with Gasteiger partial charge in [0.2, 0.25) is 0 Å². The van der Waals surface area contributed by atoms with Crippen LogP contribution in [0.3, 0.4) is 0 Å². The van der Waals surface area contributed by atoms with Gasteiger partial charge in [-0.15, -0.1) is 0 Å². The Morgan fingerprint density at radius 2 is 2.00 bits per heavy atom. The molecule has 0 fully saturated rings. The average Bonchev–Trinajstić information content (AvgIpc) is 2.15. The van der Waals surface area contributed by atoms with Gasteiger partial charge in [-0.05, 0) is 11.1 Å². The van der Waals surface area contributed by atoms with Crippen LogP contribution in [0.5, 0.6) is 0 Å². The Morgan fingerprint density at radius 3 is 2.50 bits per heavy atom. The molecule has 0 unspecified atom stereocenters. The van der Waals surface area contributed by atoms with Gasteiger partial charge in [-0.25, -0.2) is 0 Å². The zero-order valence-electron chi connectivity index (χ0n) is 6.53. The summed E-state index contributed by atoms with van der Waals surface area (Å²) >= 11 is 5.56. The van der Waals surface area contributed by atoms with Crippen LogP contribution in [0, 0.1) is 0 Å². The zero-order valence-corrected chi connectivity index (χ0v) is 7.29. The number of allylic oxidation sites excluding steroid dienone is 1. The topological polar surface area (TPSA) is 17.1 Å². The molecule has 0 aliphatic rings. The molecule has 0 atom stereocenters. The van der Waals surface area contributed by atoms with E-state index in [1.165, 1.54) is 5.54 Å².